The molecular formula is C46H84NO11P. The molecule has 1 unspecified atom stereocenters. The summed E-state index contributed by atoms with van der Waals surface area (Å²) in [5.41, 5.74) is 0. The molecule has 59 heavy (non-hydrogen) atoms. The number of phosphoric ester groups is 1. The van der Waals surface area contributed by atoms with Gasteiger partial charge in [-0.1, -0.05) is 121 Å². The molecule has 1 aliphatic rings. The van der Waals surface area contributed by atoms with Crippen molar-refractivity contribution in [2.24, 2.45) is 11.8 Å². The Morgan fingerprint density at radius 2 is 1.32 bits per heavy atom. The summed E-state index contributed by atoms with van der Waals surface area (Å²) >= 11 is 0. The number of carbonyl (C=O) groups is 2. The van der Waals surface area contributed by atoms with Gasteiger partial charge in [-0.25, -0.2) is 0 Å². The minimum atomic E-state index is -4.69. The van der Waals surface area contributed by atoms with Gasteiger partial charge in [0.25, 0.3) is 7.82 Å². The number of hydrogen-bond donors (Lipinski definition) is 3. The van der Waals surface area contributed by atoms with Gasteiger partial charge in [-0.05, 0) is 63.7 Å². The molecule has 0 aromatic carbocycles. The van der Waals surface area contributed by atoms with E-state index < -0.39 is 50.8 Å². The highest BCUT2D eigenvalue weighted by Crippen LogP contribution is 2.38. The van der Waals surface area contributed by atoms with Crippen molar-refractivity contribution in [2.45, 2.75) is 186 Å². The zero-order valence-corrected chi connectivity index (χ0v) is 38.4. The molecule has 1 aliphatic carbocycles. The molecule has 0 bridgehead atoms. The third-order valence-electron chi connectivity index (χ3n) is 10.7. The molecule has 1 rings (SSSR count). The van der Waals surface area contributed by atoms with E-state index in [1.54, 1.807) is 6.08 Å². The number of carbonyl (C=O) groups excluding carboxylic acids is 2. The second-order valence-electron chi connectivity index (χ2n) is 17.4. The summed E-state index contributed by atoms with van der Waals surface area (Å²) in [4.78, 5) is 37.7. The molecule has 0 radical (unpaired) electrons. The molecule has 0 amide bonds. The predicted molar refractivity (Wildman–Crippen MR) is 233 cm³/mol. The number of aliphatic hydroxyl groups excluding tert-OH is 3. The Balaban J connectivity index is 2.50. The van der Waals surface area contributed by atoms with Crippen LogP contribution in [0.5, 0.6) is 0 Å². The summed E-state index contributed by atoms with van der Waals surface area (Å²) in [5, 5.41) is 31.3. The first kappa shape index (κ1) is 55.1. The van der Waals surface area contributed by atoms with Gasteiger partial charge in [0.2, 0.25) is 0 Å². The molecule has 344 valence electrons. The molecule has 1 fully saturated rings. The Bertz CT molecular complexity index is 1220. The number of likely N-dealkylation sites (N-methyl/N-ethyl adjacent to an activating group) is 1. The van der Waals surface area contributed by atoms with E-state index in [2.05, 4.69) is 26.0 Å². The van der Waals surface area contributed by atoms with Crippen LogP contribution >= 0.6 is 7.82 Å². The van der Waals surface area contributed by atoms with Gasteiger partial charge in [-0.15, -0.1) is 0 Å². The molecular weight excluding hydrogens is 773 g/mol. The largest absolute Gasteiger partial charge is 0.756 e. The van der Waals surface area contributed by atoms with Crippen LogP contribution in [-0.2, 0) is 32.7 Å². The van der Waals surface area contributed by atoms with Gasteiger partial charge in [-0.2, -0.15) is 0 Å². The van der Waals surface area contributed by atoms with E-state index >= 15 is 0 Å². The first-order valence-electron chi connectivity index (χ1n) is 23.0. The van der Waals surface area contributed by atoms with E-state index in [0.717, 1.165) is 57.8 Å². The highest BCUT2D eigenvalue weighted by Gasteiger charge is 2.39. The lowest BCUT2D eigenvalue weighted by Gasteiger charge is -2.28. The van der Waals surface area contributed by atoms with E-state index in [1.807, 2.05) is 39.4 Å². The highest BCUT2D eigenvalue weighted by atomic mass is 31.2. The van der Waals surface area contributed by atoms with Crippen molar-refractivity contribution in [1.82, 2.24) is 0 Å². The van der Waals surface area contributed by atoms with E-state index in [1.165, 1.54) is 38.5 Å². The van der Waals surface area contributed by atoms with E-state index in [4.69, 9.17) is 18.5 Å². The summed E-state index contributed by atoms with van der Waals surface area (Å²) in [7, 11) is 1.03. The van der Waals surface area contributed by atoms with Crippen LogP contribution in [-0.4, -0.2) is 104 Å². The van der Waals surface area contributed by atoms with Crippen LogP contribution in [0, 0.1) is 11.8 Å². The van der Waals surface area contributed by atoms with Crippen molar-refractivity contribution < 1.29 is 57.4 Å². The maximum atomic E-state index is 12.7. The zero-order chi connectivity index (χ0) is 43.8. The van der Waals surface area contributed by atoms with Crippen LogP contribution in [0.1, 0.15) is 162 Å². The first-order chi connectivity index (χ1) is 28.2. The zero-order valence-electron chi connectivity index (χ0n) is 37.5. The average molecular weight is 858 g/mol. The fourth-order valence-electron chi connectivity index (χ4n) is 7.00. The van der Waals surface area contributed by atoms with E-state index in [0.29, 0.717) is 49.6 Å². The number of aliphatic hydroxyl groups is 3. The summed E-state index contributed by atoms with van der Waals surface area (Å²) < 4.78 is 33.8. The number of esters is 2. The summed E-state index contributed by atoms with van der Waals surface area (Å²) in [6.07, 6.45) is 29.8. The molecule has 1 saturated carbocycles. The third kappa shape index (κ3) is 30.7. The van der Waals surface area contributed by atoms with Crippen LogP contribution in [0.25, 0.3) is 0 Å². The van der Waals surface area contributed by atoms with Crippen LogP contribution in [0.15, 0.2) is 36.5 Å². The lowest BCUT2D eigenvalue weighted by atomic mass is 9.89. The quantitative estimate of drug-likeness (QED) is 0.0180. The van der Waals surface area contributed by atoms with Gasteiger partial charge in [0, 0.05) is 25.2 Å². The molecule has 0 aromatic heterocycles. The summed E-state index contributed by atoms with van der Waals surface area (Å²) in [6.45, 7) is 3.83. The monoisotopic (exact) mass is 858 g/mol. The van der Waals surface area contributed by atoms with Crippen molar-refractivity contribution in [3.63, 3.8) is 0 Å². The molecule has 0 aliphatic heterocycles. The standard InChI is InChI=1S/C46H84NO11P/c1-6-8-10-11-12-13-14-15-16-17-18-19-20-21-27-31-46(52)58-40(38-57-59(53,54)56-35-34-47(3,4)5)37-55-45(51)30-26-23-22-25-29-41-42(44(50)36-43(41)49)33-32-39(48)28-24-9-7-2/h15-16,22,25,32-33,39-44,48-50H,6-14,17-21,23-24,26-31,34-38H2,1-5H3/b16-15-,25-22+,33-32+/t39-,40+,41+,42+,43-,44+/m0/s1. The van der Waals surface area contributed by atoms with E-state index in [9.17, 15) is 34.4 Å². The maximum absolute atomic E-state index is 12.7. The predicted octanol–water partition coefficient (Wildman–Crippen LogP) is 8.66. The van der Waals surface area contributed by atoms with Crippen LogP contribution in [0.4, 0.5) is 0 Å². The van der Waals surface area contributed by atoms with Crippen LogP contribution in [0.2, 0.25) is 0 Å². The first-order valence-corrected chi connectivity index (χ1v) is 24.4. The minimum absolute atomic E-state index is 0.0716. The number of quaternary nitrogens is 1. The third-order valence-corrected chi connectivity index (χ3v) is 11.7. The minimum Gasteiger partial charge on any atom is -0.756 e. The number of unbranched alkanes of at least 4 members (excludes halogenated alkanes) is 14. The lowest BCUT2D eigenvalue weighted by Crippen LogP contribution is -2.37. The van der Waals surface area contributed by atoms with Crippen molar-refractivity contribution in [3.8, 4) is 0 Å². The second-order valence-corrected chi connectivity index (χ2v) is 18.8. The molecule has 0 heterocycles. The second kappa shape index (κ2) is 33.7. The van der Waals surface area contributed by atoms with Crippen molar-refractivity contribution in [2.75, 3.05) is 47.5 Å². The highest BCUT2D eigenvalue weighted by molar-refractivity contribution is 7.45. The number of phosphoric acid groups is 1. The summed E-state index contributed by atoms with van der Waals surface area (Å²) in [6, 6.07) is 0. The Morgan fingerprint density at radius 3 is 1.98 bits per heavy atom. The van der Waals surface area contributed by atoms with Crippen molar-refractivity contribution in [3.05, 3.63) is 36.5 Å². The SMILES string of the molecule is CCCCCCCC/C=C\CCCCCCCC(=O)O[C@H](COC(=O)CCC/C=C/C[C@@H]1[C@@H](/C=C/[C@@H](O)CCCCC)[C@H](O)C[C@@H]1O)COP(=O)([O-])OCC[N+](C)(C)C. The van der Waals surface area contributed by atoms with Crippen molar-refractivity contribution >= 4 is 19.8 Å². The van der Waals surface area contributed by atoms with Gasteiger partial charge >= 0.3 is 11.9 Å². The topological polar surface area (TPSA) is 172 Å². The van der Waals surface area contributed by atoms with Gasteiger partial charge < -0.3 is 43.2 Å². The number of allylic oxidation sites excluding steroid dienone is 4. The van der Waals surface area contributed by atoms with Gasteiger partial charge in [0.05, 0.1) is 46.1 Å². The summed E-state index contributed by atoms with van der Waals surface area (Å²) in [5.74, 6) is -1.44. The number of hydrogen-bond acceptors (Lipinski definition) is 11. The average Bonchev–Trinajstić information content (AvgIpc) is 3.44. The van der Waals surface area contributed by atoms with Gasteiger partial charge in [0.1, 0.15) is 19.8 Å². The Labute approximate surface area is 358 Å². The number of ether oxygens (including phenoxy) is 2. The van der Waals surface area contributed by atoms with E-state index in [-0.39, 0.29) is 37.9 Å². The normalized spacial score (nSPS) is 20.8. The number of rotatable bonds is 37. The maximum Gasteiger partial charge on any atom is 0.306 e. The molecule has 0 aromatic rings. The van der Waals surface area contributed by atoms with Gasteiger partial charge in [-0.3, -0.25) is 14.2 Å². The lowest BCUT2D eigenvalue weighted by molar-refractivity contribution is -0.870. The number of nitrogens with zero attached hydrogens (tertiary/aromatic N) is 1. The molecule has 0 spiro atoms. The fourth-order valence-corrected chi connectivity index (χ4v) is 7.72. The molecule has 13 heteroatoms. The smallest absolute Gasteiger partial charge is 0.306 e. The molecule has 0 saturated heterocycles. The Kier molecular flexibility index (Phi) is 31.5. The fraction of sp³-hybridized carbons (Fsp3) is 0.826. The molecule has 12 nitrogen and oxygen atoms in total. The van der Waals surface area contributed by atoms with Gasteiger partial charge in [0.15, 0.2) is 6.10 Å². The van der Waals surface area contributed by atoms with Crippen molar-refractivity contribution in [1.29, 1.82) is 0 Å². The molecule has 7 atom stereocenters. The van der Waals surface area contributed by atoms with Crippen LogP contribution < -0.4 is 4.89 Å². The van der Waals surface area contributed by atoms with Crippen LogP contribution in [0.3, 0.4) is 0 Å². The Hall–Kier alpha value is -1.89. The Morgan fingerprint density at radius 1 is 0.746 bits per heavy atom. The molecule has 3 N–H and O–H groups in total.